The fraction of sp³-hybridized carbons (Fsp3) is 0.263. The van der Waals surface area contributed by atoms with E-state index < -0.39 is 6.36 Å². The normalized spacial score (nSPS) is 19.4. The zero-order chi connectivity index (χ0) is 18.3. The zero-order valence-electron chi connectivity index (χ0n) is 13.9. The van der Waals surface area contributed by atoms with Gasteiger partial charge in [0.25, 0.3) is 0 Å². The largest absolute Gasteiger partial charge is 0.573 e. The summed E-state index contributed by atoms with van der Waals surface area (Å²) in [5.41, 5.74) is 2.83. The van der Waals surface area contributed by atoms with Crippen LogP contribution in [0.2, 0.25) is 0 Å². The summed E-state index contributed by atoms with van der Waals surface area (Å²) in [5.74, 6) is 1.71. The lowest BCUT2D eigenvalue weighted by atomic mass is 10.1. The molecule has 1 aliphatic rings. The standard InChI is InChI=1S/C19H16F3N3O/c1-12-10-17(12)13-2-4-14(5-3-13)18-23-11-25(24-18)15-6-8-16(9-7-15)26-19(20,21)22/h2-9,11-12,17H,10H2,1H3/t12-,17-/m1/s1. The molecule has 26 heavy (non-hydrogen) atoms. The zero-order valence-corrected chi connectivity index (χ0v) is 13.9. The highest BCUT2D eigenvalue weighted by atomic mass is 19.4. The second-order valence-electron chi connectivity index (χ2n) is 6.50. The molecule has 2 atom stereocenters. The van der Waals surface area contributed by atoms with Crippen molar-refractivity contribution in [2.45, 2.75) is 25.6 Å². The summed E-state index contributed by atoms with van der Waals surface area (Å²) in [6.07, 6.45) is -1.93. The second kappa shape index (κ2) is 6.16. The summed E-state index contributed by atoms with van der Waals surface area (Å²) >= 11 is 0. The van der Waals surface area contributed by atoms with Crippen LogP contribution in [-0.2, 0) is 0 Å². The number of nitrogens with zero attached hydrogens (tertiary/aromatic N) is 3. The van der Waals surface area contributed by atoms with Gasteiger partial charge < -0.3 is 4.74 Å². The van der Waals surface area contributed by atoms with Crippen LogP contribution in [-0.4, -0.2) is 21.1 Å². The Morgan fingerprint density at radius 2 is 1.69 bits per heavy atom. The molecule has 2 aromatic carbocycles. The van der Waals surface area contributed by atoms with Gasteiger partial charge in [-0.2, -0.15) is 0 Å². The number of hydrogen-bond donors (Lipinski definition) is 0. The van der Waals surface area contributed by atoms with Crippen LogP contribution in [0.1, 0.15) is 24.8 Å². The Morgan fingerprint density at radius 3 is 2.27 bits per heavy atom. The Balaban J connectivity index is 1.50. The lowest BCUT2D eigenvalue weighted by Crippen LogP contribution is -2.17. The summed E-state index contributed by atoms with van der Waals surface area (Å²) in [7, 11) is 0. The van der Waals surface area contributed by atoms with Crippen LogP contribution >= 0.6 is 0 Å². The molecule has 1 saturated carbocycles. The maximum atomic E-state index is 12.2. The molecule has 1 heterocycles. The first-order valence-corrected chi connectivity index (χ1v) is 8.27. The fourth-order valence-electron chi connectivity index (χ4n) is 2.99. The minimum atomic E-state index is -4.70. The van der Waals surface area contributed by atoms with Crippen molar-refractivity contribution in [1.29, 1.82) is 0 Å². The van der Waals surface area contributed by atoms with Gasteiger partial charge in [0.15, 0.2) is 5.82 Å². The summed E-state index contributed by atoms with van der Waals surface area (Å²) in [4.78, 5) is 4.29. The van der Waals surface area contributed by atoms with Gasteiger partial charge in [0.05, 0.1) is 5.69 Å². The molecule has 0 spiro atoms. The van der Waals surface area contributed by atoms with Crippen molar-refractivity contribution in [2.75, 3.05) is 0 Å². The van der Waals surface area contributed by atoms with Crippen molar-refractivity contribution < 1.29 is 17.9 Å². The Hall–Kier alpha value is -2.83. The molecule has 0 amide bonds. The van der Waals surface area contributed by atoms with Gasteiger partial charge in [0, 0.05) is 5.56 Å². The van der Waals surface area contributed by atoms with Gasteiger partial charge in [0.2, 0.25) is 0 Å². The van der Waals surface area contributed by atoms with E-state index in [0.29, 0.717) is 17.4 Å². The summed E-state index contributed by atoms with van der Waals surface area (Å²) in [5, 5.41) is 4.40. The highest BCUT2D eigenvalue weighted by Crippen LogP contribution is 2.46. The Labute approximate surface area is 148 Å². The number of benzene rings is 2. The molecule has 0 saturated heterocycles. The number of aromatic nitrogens is 3. The smallest absolute Gasteiger partial charge is 0.406 e. The third-order valence-electron chi connectivity index (χ3n) is 4.53. The summed E-state index contributed by atoms with van der Waals surface area (Å²) in [6.45, 7) is 2.24. The maximum Gasteiger partial charge on any atom is 0.573 e. The number of hydrogen-bond acceptors (Lipinski definition) is 3. The van der Waals surface area contributed by atoms with E-state index in [9.17, 15) is 13.2 Å². The van der Waals surface area contributed by atoms with E-state index in [-0.39, 0.29) is 5.75 Å². The molecule has 1 aromatic heterocycles. The van der Waals surface area contributed by atoms with Crippen LogP contribution in [0.3, 0.4) is 0 Å². The molecular weight excluding hydrogens is 343 g/mol. The molecule has 4 rings (SSSR count). The van der Waals surface area contributed by atoms with Gasteiger partial charge in [-0.25, -0.2) is 9.67 Å². The molecule has 0 bridgehead atoms. The van der Waals surface area contributed by atoms with Gasteiger partial charge >= 0.3 is 6.36 Å². The number of rotatable bonds is 4. The van der Waals surface area contributed by atoms with Crippen molar-refractivity contribution in [1.82, 2.24) is 14.8 Å². The quantitative estimate of drug-likeness (QED) is 0.661. The van der Waals surface area contributed by atoms with Crippen LogP contribution in [0.25, 0.3) is 17.1 Å². The maximum absolute atomic E-state index is 12.2. The minimum Gasteiger partial charge on any atom is -0.406 e. The van der Waals surface area contributed by atoms with Crippen LogP contribution in [0.15, 0.2) is 54.9 Å². The van der Waals surface area contributed by atoms with Gasteiger partial charge in [-0.1, -0.05) is 31.2 Å². The third-order valence-corrected chi connectivity index (χ3v) is 4.53. The predicted molar refractivity (Wildman–Crippen MR) is 90.0 cm³/mol. The molecule has 134 valence electrons. The van der Waals surface area contributed by atoms with Crippen LogP contribution in [0.5, 0.6) is 5.75 Å². The first-order chi connectivity index (χ1) is 12.4. The van der Waals surface area contributed by atoms with E-state index in [0.717, 1.165) is 11.5 Å². The average Bonchev–Trinajstić information content (AvgIpc) is 3.13. The molecule has 0 radical (unpaired) electrons. The Bertz CT molecular complexity index is 901. The van der Waals surface area contributed by atoms with Gasteiger partial charge in [-0.15, -0.1) is 18.3 Å². The second-order valence-corrected chi connectivity index (χ2v) is 6.50. The Morgan fingerprint density at radius 1 is 1.04 bits per heavy atom. The Kier molecular flexibility index (Phi) is 3.94. The van der Waals surface area contributed by atoms with E-state index in [1.165, 1.54) is 47.3 Å². The predicted octanol–water partition coefficient (Wildman–Crippen LogP) is 4.96. The van der Waals surface area contributed by atoms with Crippen molar-refractivity contribution >= 4 is 0 Å². The molecule has 4 nitrogen and oxygen atoms in total. The van der Waals surface area contributed by atoms with Crippen molar-refractivity contribution in [3.05, 3.63) is 60.4 Å². The summed E-state index contributed by atoms with van der Waals surface area (Å²) < 4.78 is 42.0. The fourth-order valence-corrected chi connectivity index (χ4v) is 2.99. The molecule has 0 N–H and O–H groups in total. The number of halogens is 3. The van der Waals surface area contributed by atoms with Gasteiger partial charge in [-0.05, 0) is 48.1 Å². The lowest BCUT2D eigenvalue weighted by Gasteiger charge is -2.09. The summed E-state index contributed by atoms with van der Waals surface area (Å²) in [6, 6.07) is 13.7. The van der Waals surface area contributed by atoms with Crippen molar-refractivity contribution in [3.63, 3.8) is 0 Å². The molecular formula is C19H16F3N3O. The van der Waals surface area contributed by atoms with E-state index >= 15 is 0 Å². The SMILES string of the molecule is C[C@@H]1C[C@H]1c1ccc(-c2ncn(-c3ccc(OC(F)(F)F)cc3)n2)cc1. The third kappa shape index (κ3) is 3.56. The molecule has 1 fully saturated rings. The molecule has 0 aliphatic heterocycles. The molecule has 7 heteroatoms. The van der Waals surface area contributed by atoms with E-state index in [4.69, 9.17) is 0 Å². The highest BCUT2D eigenvalue weighted by Gasteiger charge is 2.33. The van der Waals surface area contributed by atoms with Crippen LogP contribution in [0.4, 0.5) is 13.2 Å². The van der Waals surface area contributed by atoms with Crippen molar-refractivity contribution in [3.8, 4) is 22.8 Å². The first-order valence-electron chi connectivity index (χ1n) is 8.27. The van der Waals surface area contributed by atoms with E-state index in [1.54, 1.807) is 0 Å². The average molecular weight is 359 g/mol. The molecule has 1 aliphatic carbocycles. The lowest BCUT2D eigenvalue weighted by molar-refractivity contribution is -0.274. The van der Waals surface area contributed by atoms with Crippen molar-refractivity contribution in [2.24, 2.45) is 5.92 Å². The monoisotopic (exact) mass is 359 g/mol. The molecule has 3 aromatic rings. The minimum absolute atomic E-state index is 0.272. The number of alkyl halides is 3. The van der Waals surface area contributed by atoms with Gasteiger partial charge in [0.1, 0.15) is 12.1 Å². The van der Waals surface area contributed by atoms with E-state index in [1.807, 2.05) is 12.1 Å². The van der Waals surface area contributed by atoms with Gasteiger partial charge in [-0.3, -0.25) is 0 Å². The number of ether oxygens (including phenoxy) is 1. The first kappa shape index (κ1) is 16.6. The topological polar surface area (TPSA) is 39.9 Å². The van der Waals surface area contributed by atoms with E-state index in [2.05, 4.69) is 33.9 Å². The highest BCUT2D eigenvalue weighted by molar-refractivity contribution is 5.55. The van der Waals surface area contributed by atoms with Crippen LogP contribution in [0, 0.1) is 5.92 Å². The van der Waals surface area contributed by atoms with Crippen LogP contribution < -0.4 is 4.74 Å². The molecule has 0 unspecified atom stereocenters.